The van der Waals surface area contributed by atoms with Crippen molar-refractivity contribution in [3.8, 4) is 5.82 Å². The average molecular weight is 436 g/mol. The molecule has 0 radical (unpaired) electrons. The van der Waals surface area contributed by atoms with Crippen molar-refractivity contribution in [3.05, 3.63) is 65.5 Å². The van der Waals surface area contributed by atoms with Crippen LogP contribution in [0.2, 0.25) is 5.02 Å². The zero-order valence-electron chi connectivity index (χ0n) is 15.7. The summed E-state index contributed by atoms with van der Waals surface area (Å²) in [6.07, 6.45) is 3.81. The predicted molar refractivity (Wildman–Crippen MR) is 108 cm³/mol. The highest BCUT2D eigenvalue weighted by Crippen LogP contribution is 2.24. The van der Waals surface area contributed by atoms with E-state index in [1.165, 1.54) is 10.4 Å². The number of nitrogens with zero attached hydrogens (tertiary/aromatic N) is 5. The Bertz CT molecular complexity index is 1130. The topological polar surface area (TPSA) is 71.3 Å². The molecule has 1 aliphatic heterocycles. The Kier molecular flexibility index (Phi) is 5.28. The first-order valence-electron chi connectivity index (χ1n) is 9.04. The fourth-order valence-electron chi connectivity index (χ4n) is 3.26. The van der Waals surface area contributed by atoms with Crippen LogP contribution in [-0.2, 0) is 10.0 Å². The number of halogens is 2. The molecule has 7 nitrogen and oxygen atoms in total. The van der Waals surface area contributed by atoms with Gasteiger partial charge in [0.2, 0.25) is 10.0 Å². The number of hydrogen-bond donors (Lipinski definition) is 0. The molecule has 1 aliphatic rings. The fraction of sp³-hybridized carbons (Fsp3) is 0.263. The summed E-state index contributed by atoms with van der Waals surface area (Å²) in [6, 6.07) is 9.18. The maximum Gasteiger partial charge on any atom is 0.243 e. The van der Waals surface area contributed by atoms with Crippen LogP contribution in [0.1, 0.15) is 5.82 Å². The third-order valence-electron chi connectivity index (χ3n) is 4.77. The number of anilines is 1. The van der Waals surface area contributed by atoms with Crippen LogP contribution in [0.3, 0.4) is 0 Å². The Morgan fingerprint density at radius 1 is 1.00 bits per heavy atom. The zero-order chi connectivity index (χ0) is 20.6. The summed E-state index contributed by atoms with van der Waals surface area (Å²) in [5.41, 5.74) is 0. The third-order valence-corrected chi connectivity index (χ3v) is 6.96. The average Bonchev–Trinajstić information content (AvgIpc) is 3.24. The summed E-state index contributed by atoms with van der Waals surface area (Å²) in [7, 11) is -3.74. The summed E-state index contributed by atoms with van der Waals surface area (Å²) < 4.78 is 42.4. The van der Waals surface area contributed by atoms with Gasteiger partial charge in [-0.05, 0) is 37.3 Å². The molecule has 1 aromatic carbocycles. The minimum atomic E-state index is -3.74. The first-order valence-corrected chi connectivity index (χ1v) is 10.9. The van der Waals surface area contributed by atoms with Crippen molar-refractivity contribution in [2.45, 2.75) is 11.8 Å². The largest absolute Gasteiger partial charge is 0.354 e. The quantitative estimate of drug-likeness (QED) is 0.630. The lowest BCUT2D eigenvalue weighted by molar-refractivity contribution is 0.383. The predicted octanol–water partition coefficient (Wildman–Crippen LogP) is 2.88. The second kappa shape index (κ2) is 7.74. The first-order chi connectivity index (χ1) is 13.8. The maximum atomic E-state index is 13.4. The highest BCUT2D eigenvalue weighted by Gasteiger charge is 2.29. The third kappa shape index (κ3) is 3.98. The van der Waals surface area contributed by atoms with Crippen LogP contribution in [0.15, 0.2) is 53.7 Å². The number of aromatic nitrogens is 3. The number of piperazine rings is 1. The molecule has 1 saturated heterocycles. The standard InChI is InChI=1S/C19H19ClFN5O2S/c1-14-22-18(24-6-2-3-7-24)13-19(23-14)25-8-10-26(11-9-25)29(27,28)15-4-5-17(21)16(20)12-15/h2-7,12-13H,8-11H2,1H3. The highest BCUT2D eigenvalue weighted by molar-refractivity contribution is 7.89. The Morgan fingerprint density at radius 2 is 1.66 bits per heavy atom. The van der Waals surface area contributed by atoms with E-state index in [1.54, 1.807) is 0 Å². The summed E-state index contributed by atoms with van der Waals surface area (Å²) in [4.78, 5) is 11.0. The SMILES string of the molecule is Cc1nc(N2CCN(S(=O)(=O)c3ccc(F)c(Cl)c3)CC2)cc(-n2cccc2)n1. The Morgan fingerprint density at radius 3 is 2.31 bits per heavy atom. The van der Waals surface area contributed by atoms with Crippen LogP contribution >= 0.6 is 11.6 Å². The number of hydrogen-bond acceptors (Lipinski definition) is 5. The summed E-state index contributed by atoms with van der Waals surface area (Å²) >= 11 is 5.75. The van der Waals surface area contributed by atoms with Gasteiger partial charge in [0.1, 0.15) is 23.3 Å². The first kappa shape index (κ1) is 19.8. The molecule has 152 valence electrons. The second-order valence-electron chi connectivity index (χ2n) is 6.69. The van der Waals surface area contributed by atoms with Crippen LogP contribution in [-0.4, -0.2) is 53.4 Å². The van der Waals surface area contributed by atoms with Gasteiger partial charge in [0.25, 0.3) is 0 Å². The number of rotatable bonds is 4. The lowest BCUT2D eigenvalue weighted by atomic mass is 10.3. The number of sulfonamides is 1. The molecular weight excluding hydrogens is 417 g/mol. The van der Waals surface area contributed by atoms with Crippen molar-refractivity contribution < 1.29 is 12.8 Å². The minimum absolute atomic E-state index is 0.00914. The van der Waals surface area contributed by atoms with Gasteiger partial charge < -0.3 is 9.47 Å². The van der Waals surface area contributed by atoms with E-state index in [1.807, 2.05) is 47.0 Å². The van der Waals surface area contributed by atoms with Gasteiger partial charge >= 0.3 is 0 Å². The Labute approximate surface area is 173 Å². The second-order valence-corrected chi connectivity index (χ2v) is 9.03. The van der Waals surface area contributed by atoms with E-state index in [4.69, 9.17) is 11.6 Å². The van der Waals surface area contributed by atoms with Crippen LogP contribution in [0.4, 0.5) is 10.2 Å². The van der Waals surface area contributed by atoms with Gasteiger partial charge in [-0.3, -0.25) is 0 Å². The smallest absolute Gasteiger partial charge is 0.243 e. The van der Waals surface area contributed by atoms with Gasteiger partial charge in [-0.2, -0.15) is 4.31 Å². The Balaban J connectivity index is 1.52. The summed E-state index contributed by atoms with van der Waals surface area (Å²) in [5, 5.41) is -0.210. The molecule has 4 rings (SSSR count). The van der Waals surface area contributed by atoms with E-state index in [-0.39, 0.29) is 9.92 Å². The van der Waals surface area contributed by atoms with Crippen molar-refractivity contribution in [1.29, 1.82) is 0 Å². The van der Waals surface area contributed by atoms with Gasteiger partial charge in [0.05, 0.1) is 9.92 Å². The van der Waals surface area contributed by atoms with Crippen molar-refractivity contribution in [1.82, 2.24) is 18.8 Å². The lowest BCUT2D eigenvalue weighted by Gasteiger charge is -2.34. The Hall–Kier alpha value is -2.49. The van der Waals surface area contributed by atoms with Gasteiger partial charge in [0.15, 0.2) is 0 Å². The van der Waals surface area contributed by atoms with E-state index in [0.29, 0.717) is 32.0 Å². The van der Waals surface area contributed by atoms with Crippen LogP contribution in [0.5, 0.6) is 0 Å². The molecule has 0 bridgehead atoms. The van der Waals surface area contributed by atoms with Crippen molar-refractivity contribution in [3.63, 3.8) is 0 Å². The molecule has 0 unspecified atom stereocenters. The van der Waals surface area contributed by atoms with E-state index < -0.39 is 15.8 Å². The van der Waals surface area contributed by atoms with Crippen LogP contribution < -0.4 is 4.90 Å². The van der Waals surface area contributed by atoms with E-state index in [9.17, 15) is 12.8 Å². The lowest BCUT2D eigenvalue weighted by Crippen LogP contribution is -2.49. The van der Waals surface area contributed by atoms with E-state index in [0.717, 1.165) is 23.8 Å². The van der Waals surface area contributed by atoms with E-state index in [2.05, 4.69) is 9.97 Å². The molecule has 0 amide bonds. The molecule has 2 aromatic heterocycles. The number of benzene rings is 1. The van der Waals surface area contributed by atoms with Gasteiger partial charge in [-0.1, -0.05) is 11.6 Å². The summed E-state index contributed by atoms with van der Waals surface area (Å²) in [5.74, 6) is 1.51. The van der Waals surface area contributed by atoms with E-state index >= 15 is 0 Å². The molecule has 10 heteroatoms. The van der Waals surface area contributed by atoms with Gasteiger partial charge in [0, 0.05) is 44.6 Å². The summed E-state index contributed by atoms with van der Waals surface area (Å²) in [6.45, 7) is 3.37. The fourth-order valence-corrected chi connectivity index (χ4v) is 4.96. The van der Waals surface area contributed by atoms with Gasteiger partial charge in [-0.15, -0.1) is 0 Å². The molecule has 29 heavy (non-hydrogen) atoms. The van der Waals surface area contributed by atoms with Crippen molar-refractivity contribution in [2.24, 2.45) is 0 Å². The van der Waals surface area contributed by atoms with Crippen molar-refractivity contribution in [2.75, 3.05) is 31.1 Å². The van der Waals surface area contributed by atoms with Crippen LogP contribution in [0, 0.1) is 12.7 Å². The maximum absolute atomic E-state index is 13.4. The molecule has 0 spiro atoms. The molecule has 1 fully saturated rings. The zero-order valence-corrected chi connectivity index (χ0v) is 17.2. The molecule has 3 aromatic rings. The van der Waals surface area contributed by atoms with Crippen LogP contribution in [0.25, 0.3) is 5.82 Å². The number of aryl methyl sites for hydroxylation is 1. The molecule has 0 atom stereocenters. The molecule has 0 N–H and O–H groups in total. The monoisotopic (exact) mass is 435 g/mol. The molecule has 0 saturated carbocycles. The molecule has 0 aliphatic carbocycles. The normalized spacial score (nSPS) is 15.6. The minimum Gasteiger partial charge on any atom is -0.354 e. The molecule has 3 heterocycles. The highest BCUT2D eigenvalue weighted by atomic mass is 35.5. The molecular formula is C19H19ClFN5O2S. The van der Waals surface area contributed by atoms with Gasteiger partial charge in [-0.25, -0.2) is 22.8 Å². The van der Waals surface area contributed by atoms with Crippen molar-refractivity contribution >= 4 is 27.4 Å².